The highest BCUT2D eigenvalue weighted by Crippen LogP contribution is 2.37. The molecule has 2 aromatic rings. The highest BCUT2D eigenvalue weighted by atomic mass is 16.5. The van der Waals surface area contributed by atoms with Crippen molar-refractivity contribution in [1.29, 1.82) is 0 Å². The molecule has 7 nitrogen and oxygen atoms in total. The topological polar surface area (TPSA) is 79.9 Å². The smallest absolute Gasteiger partial charge is 0.253 e. The third kappa shape index (κ3) is 4.72. The van der Waals surface area contributed by atoms with Gasteiger partial charge < -0.3 is 20.1 Å². The summed E-state index contributed by atoms with van der Waals surface area (Å²) in [5.74, 6) is 1.33. The summed E-state index contributed by atoms with van der Waals surface area (Å²) in [7, 11) is 0. The van der Waals surface area contributed by atoms with Crippen LogP contribution in [0.1, 0.15) is 54.1 Å². The van der Waals surface area contributed by atoms with E-state index in [4.69, 9.17) is 9.47 Å². The lowest BCUT2D eigenvalue weighted by Crippen LogP contribution is -2.33. The fourth-order valence-electron chi connectivity index (χ4n) is 4.44. The number of anilines is 1. The summed E-state index contributed by atoms with van der Waals surface area (Å²) >= 11 is 0. The number of nitrogens with one attached hydrogen (secondary N) is 2. The minimum absolute atomic E-state index is 0.113. The molecule has 2 aromatic carbocycles. The number of carbonyl (C=O) groups excluding carboxylic acids is 2. The summed E-state index contributed by atoms with van der Waals surface area (Å²) < 4.78 is 11.6. The molecule has 2 fully saturated rings. The molecule has 2 N–H and O–H groups in total. The zero-order valence-corrected chi connectivity index (χ0v) is 18.1. The highest BCUT2D eigenvalue weighted by molar-refractivity contribution is 6.04. The molecule has 7 heteroatoms. The molecule has 1 saturated heterocycles. The number of likely N-dealkylation sites (tertiary alicyclic amines) is 1. The summed E-state index contributed by atoms with van der Waals surface area (Å²) in [6, 6.07) is 13.7. The van der Waals surface area contributed by atoms with Crippen LogP contribution in [0.3, 0.4) is 0 Å². The third-order valence-corrected chi connectivity index (χ3v) is 6.23. The Morgan fingerprint density at radius 2 is 1.78 bits per heavy atom. The lowest BCUT2D eigenvalue weighted by Gasteiger charge is -2.25. The van der Waals surface area contributed by atoms with Gasteiger partial charge in [0.05, 0.1) is 31.0 Å². The van der Waals surface area contributed by atoms with E-state index in [0.29, 0.717) is 24.5 Å². The van der Waals surface area contributed by atoms with Gasteiger partial charge in [-0.25, -0.2) is 0 Å². The molecule has 1 saturated carbocycles. The van der Waals surface area contributed by atoms with E-state index in [9.17, 15) is 9.59 Å². The molecule has 2 heterocycles. The number of hydrogen-bond donors (Lipinski definition) is 2. The largest absolute Gasteiger partial charge is 0.490 e. The lowest BCUT2D eigenvalue weighted by atomic mass is 10.0. The van der Waals surface area contributed by atoms with Crippen LogP contribution >= 0.6 is 0 Å². The summed E-state index contributed by atoms with van der Waals surface area (Å²) in [5, 5.41) is 5.95. The van der Waals surface area contributed by atoms with Crippen LogP contribution in [-0.4, -0.2) is 49.1 Å². The molecule has 32 heavy (non-hydrogen) atoms. The summed E-state index contributed by atoms with van der Waals surface area (Å²) in [6.07, 6.45) is 4.95. The average Bonchev–Trinajstić information content (AvgIpc) is 3.54. The SMILES string of the molecule is O=C(CN1CCC[C@@H]1c1ccc2c(c1)OCCCO2)Nc1ccccc1C(=O)NC1CC1. The number of fused-ring (bicyclic) bond motifs is 1. The number of carbonyl (C=O) groups is 2. The number of ether oxygens (including phenoxy) is 2. The van der Waals surface area contributed by atoms with E-state index in [2.05, 4.69) is 27.7 Å². The zero-order valence-electron chi connectivity index (χ0n) is 18.1. The second kappa shape index (κ2) is 9.20. The Bertz CT molecular complexity index is 1000. The molecular formula is C25H29N3O4. The molecular weight excluding hydrogens is 406 g/mol. The van der Waals surface area contributed by atoms with Gasteiger partial charge in [-0.1, -0.05) is 18.2 Å². The predicted molar refractivity (Wildman–Crippen MR) is 121 cm³/mol. The molecule has 0 spiro atoms. The molecule has 2 amide bonds. The number of rotatable bonds is 6. The zero-order chi connectivity index (χ0) is 21.9. The van der Waals surface area contributed by atoms with Crippen molar-refractivity contribution in [1.82, 2.24) is 10.2 Å². The van der Waals surface area contributed by atoms with E-state index in [1.165, 1.54) is 0 Å². The van der Waals surface area contributed by atoms with Crippen molar-refractivity contribution in [2.45, 2.75) is 44.2 Å². The second-order valence-corrected chi connectivity index (χ2v) is 8.73. The van der Waals surface area contributed by atoms with E-state index in [-0.39, 0.29) is 30.4 Å². The summed E-state index contributed by atoms with van der Waals surface area (Å²) in [6.45, 7) is 2.46. The van der Waals surface area contributed by atoms with Gasteiger partial charge in [0.1, 0.15) is 0 Å². The number of amides is 2. The van der Waals surface area contributed by atoms with Crippen LogP contribution in [0.15, 0.2) is 42.5 Å². The number of hydrogen-bond acceptors (Lipinski definition) is 5. The Morgan fingerprint density at radius 3 is 2.62 bits per heavy atom. The van der Waals surface area contributed by atoms with Crippen molar-refractivity contribution < 1.29 is 19.1 Å². The van der Waals surface area contributed by atoms with E-state index in [0.717, 1.165) is 55.7 Å². The Morgan fingerprint density at radius 1 is 0.969 bits per heavy atom. The Kier molecular flexibility index (Phi) is 5.99. The highest BCUT2D eigenvalue weighted by Gasteiger charge is 2.29. The molecule has 168 valence electrons. The van der Waals surface area contributed by atoms with Gasteiger partial charge in [0.15, 0.2) is 11.5 Å². The van der Waals surface area contributed by atoms with Crippen LogP contribution in [0.5, 0.6) is 11.5 Å². The van der Waals surface area contributed by atoms with Gasteiger partial charge in [-0.3, -0.25) is 14.5 Å². The van der Waals surface area contributed by atoms with Crippen molar-refractivity contribution in [3.8, 4) is 11.5 Å². The predicted octanol–water partition coefficient (Wildman–Crippen LogP) is 3.52. The van der Waals surface area contributed by atoms with Gasteiger partial charge in [0.2, 0.25) is 5.91 Å². The molecule has 0 bridgehead atoms. The van der Waals surface area contributed by atoms with Gasteiger partial charge in [-0.15, -0.1) is 0 Å². The lowest BCUT2D eigenvalue weighted by molar-refractivity contribution is -0.117. The third-order valence-electron chi connectivity index (χ3n) is 6.23. The second-order valence-electron chi connectivity index (χ2n) is 8.73. The molecule has 0 aromatic heterocycles. The van der Waals surface area contributed by atoms with Crippen LogP contribution < -0.4 is 20.1 Å². The maximum atomic E-state index is 12.9. The van der Waals surface area contributed by atoms with Crippen molar-refractivity contribution in [3.05, 3.63) is 53.6 Å². The van der Waals surface area contributed by atoms with Crippen molar-refractivity contribution >= 4 is 17.5 Å². The van der Waals surface area contributed by atoms with Crippen LogP contribution in [0.4, 0.5) is 5.69 Å². The standard InChI is InChI=1S/C25H29N3O4/c29-24(27-20-6-2-1-5-19(20)25(30)26-18-9-10-18)16-28-12-3-7-21(28)17-8-11-22-23(15-17)32-14-4-13-31-22/h1-2,5-6,8,11,15,18,21H,3-4,7,9-10,12-14,16H2,(H,26,30)(H,27,29)/t21-/m1/s1. The van der Waals surface area contributed by atoms with E-state index in [1.54, 1.807) is 12.1 Å². The van der Waals surface area contributed by atoms with Crippen molar-refractivity contribution in [2.75, 3.05) is 31.6 Å². The monoisotopic (exact) mass is 435 g/mol. The fraction of sp³-hybridized carbons (Fsp3) is 0.440. The van der Waals surface area contributed by atoms with Crippen LogP contribution in [0.25, 0.3) is 0 Å². The number of para-hydroxylation sites is 1. The van der Waals surface area contributed by atoms with Crippen LogP contribution in [0.2, 0.25) is 0 Å². The number of benzene rings is 2. The van der Waals surface area contributed by atoms with Crippen LogP contribution in [0, 0.1) is 0 Å². The van der Waals surface area contributed by atoms with Gasteiger partial charge in [0, 0.05) is 18.5 Å². The molecule has 1 aliphatic carbocycles. The van der Waals surface area contributed by atoms with E-state index < -0.39 is 0 Å². The molecule has 0 unspecified atom stereocenters. The Hall–Kier alpha value is -3.06. The van der Waals surface area contributed by atoms with E-state index >= 15 is 0 Å². The first kappa shape index (κ1) is 20.8. The van der Waals surface area contributed by atoms with Gasteiger partial charge in [0.25, 0.3) is 5.91 Å². The minimum Gasteiger partial charge on any atom is -0.490 e. The van der Waals surface area contributed by atoms with Gasteiger partial charge >= 0.3 is 0 Å². The molecule has 5 rings (SSSR count). The first-order valence-corrected chi connectivity index (χ1v) is 11.5. The van der Waals surface area contributed by atoms with Crippen LogP contribution in [-0.2, 0) is 4.79 Å². The van der Waals surface area contributed by atoms with Crippen molar-refractivity contribution in [2.24, 2.45) is 0 Å². The van der Waals surface area contributed by atoms with Crippen molar-refractivity contribution in [3.63, 3.8) is 0 Å². The molecule has 1 atom stereocenters. The Balaban J connectivity index is 1.26. The summed E-state index contributed by atoms with van der Waals surface area (Å²) in [4.78, 5) is 27.6. The summed E-state index contributed by atoms with van der Waals surface area (Å²) in [5.41, 5.74) is 2.21. The molecule has 0 radical (unpaired) electrons. The molecule has 3 aliphatic rings. The van der Waals surface area contributed by atoms with Gasteiger partial charge in [-0.2, -0.15) is 0 Å². The van der Waals surface area contributed by atoms with E-state index in [1.807, 2.05) is 18.2 Å². The average molecular weight is 436 g/mol. The first-order valence-electron chi connectivity index (χ1n) is 11.5. The maximum Gasteiger partial charge on any atom is 0.253 e. The number of nitrogens with zero attached hydrogens (tertiary/aromatic N) is 1. The normalized spacial score (nSPS) is 20.4. The fourth-order valence-corrected chi connectivity index (χ4v) is 4.44. The van der Waals surface area contributed by atoms with Gasteiger partial charge in [-0.05, 0) is 62.1 Å². The minimum atomic E-state index is -0.130. The molecule has 2 aliphatic heterocycles. The Labute approximate surface area is 188 Å². The quantitative estimate of drug-likeness (QED) is 0.726. The maximum absolute atomic E-state index is 12.9. The first-order chi connectivity index (χ1) is 15.7.